The molecule has 3 heteroatoms. The largest absolute Gasteiger partial charge is 0.347 e. The molecule has 0 amide bonds. The summed E-state index contributed by atoms with van der Waals surface area (Å²) in [4.78, 5) is 5.79. The van der Waals surface area contributed by atoms with Gasteiger partial charge in [0, 0.05) is 26.5 Å². The SMILES string of the molecule is CN(C)C1=NC=C[N]1. The van der Waals surface area contributed by atoms with E-state index in [4.69, 9.17) is 0 Å². The second kappa shape index (κ2) is 1.86. The lowest BCUT2D eigenvalue weighted by Crippen LogP contribution is -2.26. The van der Waals surface area contributed by atoms with Gasteiger partial charge in [-0.3, -0.25) is 0 Å². The third-order valence-corrected chi connectivity index (χ3v) is 0.847. The fraction of sp³-hybridized carbons (Fsp3) is 0.400. The van der Waals surface area contributed by atoms with Crippen LogP contribution >= 0.6 is 0 Å². The van der Waals surface area contributed by atoms with Crippen molar-refractivity contribution >= 4 is 5.96 Å². The maximum atomic E-state index is 3.93. The smallest absolute Gasteiger partial charge is 0.224 e. The fourth-order valence-electron chi connectivity index (χ4n) is 0.464. The van der Waals surface area contributed by atoms with Gasteiger partial charge in [0.05, 0.1) is 0 Å². The van der Waals surface area contributed by atoms with Gasteiger partial charge in [-0.05, 0) is 0 Å². The average molecular weight is 110 g/mol. The first-order chi connectivity index (χ1) is 3.80. The molecule has 1 radical (unpaired) electrons. The van der Waals surface area contributed by atoms with Crippen LogP contribution < -0.4 is 5.32 Å². The molecule has 0 saturated carbocycles. The molecule has 43 valence electrons. The molecule has 0 unspecified atom stereocenters. The number of hydrogen-bond acceptors (Lipinski definition) is 2. The molecule has 0 N–H and O–H groups in total. The second-order valence-corrected chi connectivity index (χ2v) is 1.75. The Morgan fingerprint density at radius 2 is 2.12 bits per heavy atom. The highest BCUT2D eigenvalue weighted by atomic mass is 15.3. The van der Waals surface area contributed by atoms with Gasteiger partial charge in [-0.1, -0.05) is 0 Å². The fourth-order valence-corrected chi connectivity index (χ4v) is 0.464. The molecule has 0 saturated heterocycles. The third-order valence-electron chi connectivity index (χ3n) is 0.847. The average Bonchev–Trinajstić information content (AvgIpc) is 2.12. The molecule has 0 aromatic carbocycles. The van der Waals surface area contributed by atoms with Crippen LogP contribution in [0.15, 0.2) is 17.4 Å². The number of hydrogen-bond donors (Lipinski definition) is 0. The Morgan fingerprint density at radius 1 is 1.38 bits per heavy atom. The quantitative estimate of drug-likeness (QED) is 0.431. The second-order valence-electron chi connectivity index (χ2n) is 1.75. The van der Waals surface area contributed by atoms with E-state index >= 15 is 0 Å². The Bertz CT molecular complexity index is 135. The molecule has 8 heavy (non-hydrogen) atoms. The van der Waals surface area contributed by atoms with Gasteiger partial charge in [0.15, 0.2) is 0 Å². The molecule has 0 fully saturated rings. The summed E-state index contributed by atoms with van der Waals surface area (Å²) >= 11 is 0. The molecule has 3 nitrogen and oxygen atoms in total. The van der Waals surface area contributed by atoms with Crippen LogP contribution in [-0.4, -0.2) is 25.0 Å². The Morgan fingerprint density at radius 3 is 2.38 bits per heavy atom. The lowest BCUT2D eigenvalue weighted by Gasteiger charge is -2.08. The van der Waals surface area contributed by atoms with Gasteiger partial charge < -0.3 is 4.90 Å². The van der Waals surface area contributed by atoms with E-state index in [1.807, 2.05) is 19.0 Å². The van der Waals surface area contributed by atoms with Gasteiger partial charge in [-0.25, -0.2) is 10.3 Å². The van der Waals surface area contributed by atoms with E-state index in [2.05, 4.69) is 10.3 Å². The van der Waals surface area contributed by atoms with Crippen LogP contribution in [0.3, 0.4) is 0 Å². The summed E-state index contributed by atoms with van der Waals surface area (Å²) in [6, 6.07) is 0. The highest BCUT2D eigenvalue weighted by Gasteiger charge is 2.01. The maximum Gasteiger partial charge on any atom is 0.224 e. The number of aliphatic imine (C=N–C) groups is 1. The maximum absolute atomic E-state index is 3.93. The van der Waals surface area contributed by atoms with Crippen LogP contribution in [-0.2, 0) is 0 Å². The predicted molar refractivity (Wildman–Crippen MR) is 32.4 cm³/mol. The molecule has 1 rings (SSSR count). The van der Waals surface area contributed by atoms with Crippen molar-refractivity contribution in [2.45, 2.75) is 0 Å². The topological polar surface area (TPSA) is 29.7 Å². The number of nitrogens with zero attached hydrogens (tertiary/aromatic N) is 3. The van der Waals surface area contributed by atoms with Crippen molar-refractivity contribution in [2.75, 3.05) is 14.1 Å². The van der Waals surface area contributed by atoms with Crippen LogP contribution in [0.25, 0.3) is 0 Å². The minimum atomic E-state index is 0.769. The zero-order chi connectivity index (χ0) is 5.98. The van der Waals surface area contributed by atoms with Gasteiger partial charge in [0.1, 0.15) is 0 Å². The molecule has 0 aromatic heterocycles. The van der Waals surface area contributed by atoms with E-state index in [1.54, 1.807) is 12.4 Å². The van der Waals surface area contributed by atoms with E-state index in [0.717, 1.165) is 5.96 Å². The molecule has 1 aliphatic rings. The summed E-state index contributed by atoms with van der Waals surface area (Å²) in [7, 11) is 3.82. The highest BCUT2D eigenvalue weighted by molar-refractivity contribution is 5.82. The van der Waals surface area contributed by atoms with E-state index in [1.165, 1.54) is 0 Å². The summed E-state index contributed by atoms with van der Waals surface area (Å²) in [6.45, 7) is 0. The molecule has 0 spiro atoms. The summed E-state index contributed by atoms with van der Waals surface area (Å²) in [5.74, 6) is 0.769. The van der Waals surface area contributed by atoms with Crippen molar-refractivity contribution < 1.29 is 0 Å². The molecule has 0 atom stereocenters. The van der Waals surface area contributed by atoms with Crippen LogP contribution in [0.2, 0.25) is 0 Å². The van der Waals surface area contributed by atoms with Crippen molar-refractivity contribution in [1.82, 2.24) is 10.2 Å². The minimum Gasteiger partial charge on any atom is -0.347 e. The summed E-state index contributed by atoms with van der Waals surface area (Å²) in [5, 5.41) is 3.93. The summed E-state index contributed by atoms with van der Waals surface area (Å²) in [6.07, 6.45) is 3.35. The number of guanidine groups is 1. The molecular weight excluding hydrogens is 102 g/mol. The zero-order valence-corrected chi connectivity index (χ0v) is 5.00. The van der Waals surface area contributed by atoms with Gasteiger partial charge in [-0.2, -0.15) is 0 Å². The van der Waals surface area contributed by atoms with Crippen molar-refractivity contribution in [2.24, 2.45) is 4.99 Å². The molecule has 1 heterocycles. The molecule has 0 bridgehead atoms. The first-order valence-electron chi connectivity index (χ1n) is 2.41. The lowest BCUT2D eigenvalue weighted by atomic mass is 10.8. The predicted octanol–water partition coefficient (Wildman–Crippen LogP) is -0.00680. The summed E-state index contributed by atoms with van der Waals surface area (Å²) < 4.78 is 0. The van der Waals surface area contributed by atoms with Gasteiger partial charge in [0.25, 0.3) is 0 Å². The van der Waals surface area contributed by atoms with E-state index in [9.17, 15) is 0 Å². The van der Waals surface area contributed by atoms with Crippen LogP contribution in [0.5, 0.6) is 0 Å². The van der Waals surface area contributed by atoms with E-state index in [-0.39, 0.29) is 0 Å². The van der Waals surface area contributed by atoms with Crippen molar-refractivity contribution in [1.29, 1.82) is 0 Å². The van der Waals surface area contributed by atoms with Crippen molar-refractivity contribution in [3.63, 3.8) is 0 Å². The lowest BCUT2D eigenvalue weighted by molar-refractivity contribution is 0.604. The van der Waals surface area contributed by atoms with Gasteiger partial charge >= 0.3 is 0 Å². The Balaban J connectivity index is 2.51. The third kappa shape index (κ3) is 0.804. The highest BCUT2D eigenvalue weighted by Crippen LogP contribution is 1.90. The van der Waals surface area contributed by atoms with Crippen molar-refractivity contribution in [3.05, 3.63) is 12.4 Å². The number of rotatable bonds is 0. The van der Waals surface area contributed by atoms with E-state index in [0.29, 0.717) is 0 Å². The van der Waals surface area contributed by atoms with E-state index < -0.39 is 0 Å². The molecule has 0 aliphatic carbocycles. The van der Waals surface area contributed by atoms with Crippen molar-refractivity contribution in [3.8, 4) is 0 Å². The van der Waals surface area contributed by atoms with Crippen LogP contribution in [0.4, 0.5) is 0 Å². The first-order valence-corrected chi connectivity index (χ1v) is 2.41. The zero-order valence-electron chi connectivity index (χ0n) is 5.00. The minimum absolute atomic E-state index is 0.769. The molecule has 0 aromatic rings. The van der Waals surface area contributed by atoms with Gasteiger partial charge in [-0.15, -0.1) is 0 Å². The monoisotopic (exact) mass is 110 g/mol. The standard InChI is InChI=1S/C5H8N3/c1-8(2)5-6-3-4-7-5/h3-4H,1-2H3. The van der Waals surface area contributed by atoms with Gasteiger partial charge in [0.2, 0.25) is 5.96 Å². The summed E-state index contributed by atoms with van der Waals surface area (Å²) in [5.41, 5.74) is 0. The molecular formula is C5H8N3. The van der Waals surface area contributed by atoms with Crippen LogP contribution in [0.1, 0.15) is 0 Å². The normalized spacial score (nSPS) is 15.5. The Hall–Kier alpha value is -0.990. The Labute approximate surface area is 48.7 Å². The first kappa shape index (κ1) is 5.15. The molecule has 1 aliphatic heterocycles. The Kier molecular flexibility index (Phi) is 1.20. The van der Waals surface area contributed by atoms with Crippen LogP contribution in [0, 0.1) is 0 Å².